The maximum atomic E-state index is 5.62. The molecule has 1 heterocycles. The van der Waals surface area contributed by atoms with Crippen molar-refractivity contribution in [3.05, 3.63) is 11.5 Å². The summed E-state index contributed by atoms with van der Waals surface area (Å²) in [6.07, 6.45) is 1.49. The molecule has 0 aliphatic rings. The fraction of sp³-hybridized carbons (Fsp3) is 0.429. The fourth-order valence-electron chi connectivity index (χ4n) is 0.748. The van der Waals surface area contributed by atoms with Gasteiger partial charge in [0, 0.05) is 5.75 Å². The molecule has 0 aliphatic heterocycles. The molecule has 0 saturated carbocycles. The number of ether oxygens (including phenoxy) is 2. The van der Waals surface area contributed by atoms with Gasteiger partial charge in [-0.2, -0.15) is 4.98 Å². The smallest absolute Gasteiger partial charge is 0.261 e. The molecule has 0 unspecified atom stereocenters. The average Bonchev–Trinajstić information content (AvgIpc) is 2.19. The van der Waals surface area contributed by atoms with Crippen LogP contribution in [0.1, 0.15) is 0 Å². The fourth-order valence-corrected chi connectivity index (χ4v) is 1.56. The van der Waals surface area contributed by atoms with Gasteiger partial charge in [-0.05, 0) is 32.8 Å². The Morgan fingerprint density at radius 2 is 2.43 bits per heavy atom. The molecule has 0 bridgehead atoms. The van der Waals surface area contributed by atoms with Crippen molar-refractivity contribution < 1.29 is 9.47 Å². The lowest BCUT2D eigenvalue weighted by atomic mass is 10.5. The molecule has 14 heavy (non-hydrogen) atoms. The van der Waals surface area contributed by atoms with E-state index < -0.39 is 0 Å². The first-order valence-corrected chi connectivity index (χ1v) is 7.61. The largest absolute Gasteiger partial charge is 0.490 e. The molecule has 0 spiro atoms. The van der Waals surface area contributed by atoms with Gasteiger partial charge in [-0.15, -0.1) is 0 Å². The summed E-state index contributed by atoms with van der Waals surface area (Å²) in [6, 6.07) is 0. The number of hydrogen-bond donors (Lipinski definition) is 0. The van der Waals surface area contributed by atoms with Crippen LogP contribution in [0.5, 0.6) is 11.6 Å². The van der Waals surface area contributed by atoms with E-state index in [0.717, 1.165) is 5.75 Å². The van der Waals surface area contributed by atoms with Gasteiger partial charge in [-0.3, -0.25) is 0 Å². The molecule has 0 N–H and O–H groups in total. The summed E-state index contributed by atoms with van der Waals surface area (Å²) in [5, 5.41) is 0.155. The van der Waals surface area contributed by atoms with Crippen molar-refractivity contribution in [3.63, 3.8) is 0 Å². The van der Waals surface area contributed by atoms with Crippen LogP contribution in [-0.2, 0) is 0 Å². The zero-order valence-electron chi connectivity index (χ0n) is 7.37. The second-order valence-corrected chi connectivity index (χ2v) is 5.01. The molecule has 1 aromatic rings. The molecule has 0 aromatic carbocycles. The third-order valence-electron chi connectivity index (χ3n) is 1.31. The van der Waals surface area contributed by atoms with E-state index in [1.807, 2.05) is 0 Å². The van der Waals surface area contributed by atoms with Crippen molar-refractivity contribution in [2.24, 2.45) is 0 Å². The van der Waals surface area contributed by atoms with E-state index in [1.54, 1.807) is 8.93 Å². The molecule has 0 fully saturated rings. The van der Waals surface area contributed by atoms with Gasteiger partial charge in [0.05, 0.1) is 19.9 Å². The first-order chi connectivity index (χ1) is 6.77. The van der Waals surface area contributed by atoms with Gasteiger partial charge in [0.1, 0.15) is 0 Å². The molecule has 7 heteroatoms. The first kappa shape index (κ1) is 12.1. The average molecular weight is 347 g/mol. The molecule has 0 aliphatic carbocycles. The molecule has 1 rings (SSSR count). The van der Waals surface area contributed by atoms with Crippen molar-refractivity contribution >= 4 is 41.7 Å². The summed E-state index contributed by atoms with van der Waals surface area (Å²) >= 11 is 7.82. The van der Waals surface area contributed by atoms with Crippen molar-refractivity contribution in [1.82, 2.24) is 9.97 Å². The number of hydrogen-bond acceptors (Lipinski definition) is 5. The van der Waals surface area contributed by atoms with Crippen molar-refractivity contribution in [2.45, 2.75) is 0 Å². The Hall–Kier alpha value is 0.0500. The molecule has 4 nitrogen and oxygen atoms in total. The second kappa shape index (κ2) is 6.52. The highest BCUT2D eigenvalue weighted by Crippen LogP contribution is 2.24. The second-order valence-electron chi connectivity index (χ2n) is 2.17. The Kier molecular flexibility index (Phi) is 5.64. The van der Waals surface area contributed by atoms with Crippen LogP contribution in [0.4, 0.5) is 0 Å². The lowest BCUT2D eigenvalue weighted by Crippen LogP contribution is -2.03. The van der Waals surface area contributed by atoms with Crippen LogP contribution in [0.2, 0.25) is 5.28 Å². The van der Waals surface area contributed by atoms with Crippen LogP contribution in [0.25, 0.3) is 0 Å². The topological polar surface area (TPSA) is 44.2 Å². The lowest BCUT2D eigenvalue weighted by molar-refractivity contribution is 0.300. The molecular formula is C7H8ClIN2O2S. The summed E-state index contributed by atoms with van der Waals surface area (Å²) in [5.74, 6) is 1.76. The Morgan fingerprint density at radius 3 is 3.07 bits per heavy atom. The number of halogens is 2. The van der Waals surface area contributed by atoms with Crippen LogP contribution in [0.3, 0.4) is 0 Å². The van der Waals surface area contributed by atoms with E-state index in [1.165, 1.54) is 13.3 Å². The van der Waals surface area contributed by atoms with Crippen LogP contribution in [-0.4, -0.2) is 29.4 Å². The highest BCUT2D eigenvalue weighted by atomic mass is 127. The summed E-state index contributed by atoms with van der Waals surface area (Å²) in [5.41, 5.74) is 0. The number of methoxy groups -OCH3 is 1. The summed E-state index contributed by atoms with van der Waals surface area (Å²) < 4.78 is 10.4. The van der Waals surface area contributed by atoms with Crippen LogP contribution < -0.4 is 9.47 Å². The van der Waals surface area contributed by atoms with E-state index in [0.29, 0.717) is 18.2 Å². The van der Waals surface area contributed by atoms with Gasteiger partial charge in [0.2, 0.25) is 5.28 Å². The van der Waals surface area contributed by atoms with Gasteiger partial charge in [-0.25, -0.2) is 4.98 Å². The minimum Gasteiger partial charge on any atom is -0.490 e. The maximum absolute atomic E-state index is 5.62. The Bertz CT molecular complexity index is 303. The first-order valence-electron chi connectivity index (χ1n) is 3.70. The molecule has 1 aromatic heterocycles. The summed E-state index contributed by atoms with van der Waals surface area (Å²) in [6.45, 7) is 0.567. The zero-order valence-corrected chi connectivity index (χ0v) is 11.1. The van der Waals surface area contributed by atoms with E-state index in [4.69, 9.17) is 21.1 Å². The highest BCUT2D eigenvalue weighted by molar-refractivity contribution is 14.2. The number of aromatic nitrogens is 2. The van der Waals surface area contributed by atoms with Gasteiger partial charge < -0.3 is 9.47 Å². The molecular weight excluding hydrogens is 339 g/mol. The quantitative estimate of drug-likeness (QED) is 0.466. The summed E-state index contributed by atoms with van der Waals surface area (Å²) in [7, 11) is 3.20. The van der Waals surface area contributed by atoms with Gasteiger partial charge >= 0.3 is 0 Å². The Morgan fingerprint density at radius 1 is 1.64 bits per heavy atom. The van der Waals surface area contributed by atoms with Gasteiger partial charge in [0.15, 0.2) is 5.75 Å². The minimum absolute atomic E-state index is 0.155. The molecule has 0 amide bonds. The highest BCUT2D eigenvalue weighted by Gasteiger charge is 2.07. The molecule has 0 saturated heterocycles. The Balaban J connectivity index is 2.67. The maximum Gasteiger partial charge on any atom is 0.261 e. The third-order valence-corrected chi connectivity index (χ3v) is 3.14. The van der Waals surface area contributed by atoms with Gasteiger partial charge in [0.25, 0.3) is 5.88 Å². The van der Waals surface area contributed by atoms with Crippen molar-refractivity contribution in [3.8, 4) is 11.6 Å². The van der Waals surface area contributed by atoms with Gasteiger partial charge in [-0.1, -0.05) is 8.93 Å². The number of rotatable bonds is 5. The SMILES string of the molecule is COc1cnc(Cl)nc1OCCSI. The van der Waals surface area contributed by atoms with E-state index in [-0.39, 0.29) is 5.28 Å². The normalized spacial score (nSPS) is 9.93. The van der Waals surface area contributed by atoms with Crippen LogP contribution in [0.15, 0.2) is 6.20 Å². The van der Waals surface area contributed by atoms with E-state index in [2.05, 4.69) is 31.2 Å². The van der Waals surface area contributed by atoms with E-state index in [9.17, 15) is 0 Å². The van der Waals surface area contributed by atoms with Crippen molar-refractivity contribution in [1.29, 1.82) is 0 Å². The standard InChI is InChI=1S/C7H8ClIN2O2S/c1-12-5-4-10-7(8)11-6(5)13-2-3-14-9/h4H,2-3H2,1H3. The van der Waals surface area contributed by atoms with Crippen LogP contribution in [0, 0.1) is 0 Å². The molecule has 0 radical (unpaired) electrons. The zero-order chi connectivity index (χ0) is 10.4. The monoisotopic (exact) mass is 346 g/mol. The Labute approximate surface area is 103 Å². The third kappa shape index (κ3) is 3.66. The minimum atomic E-state index is 0.155. The number of nitrogens with zero attached hydrogens (tertiary/aromatic N) is 2. The summed E-state index contributed by atoms with van der Waals surface area (Å²) in [4.78, 5) is 7.69. The lowest BCUT2D eigenvalue weighted by Gasteiger charge is -2.07. The predicted molar refractivity (Wildman–Crippen MR) is 65.6 cm³/mol. The molecule has 78 valence electrons. The van der Waals surface area contributed by atoms with Crippen molar-refractivity contribution in [2.75, 3.05) is 19.5 Å². The molecule has 0 atom stereocenters. The van der Waals surface area contributed by atoms with Crippen LogP contribution >= 0.6 is 41.7 Å². The van der Waals surface area contributed by atoms with E-state index >= 15 is 0 Å². The predicted octanol–water partition coefficient (Wildman–Crippen LogP) is 2.60.